The second-order valence-corrected chi connectivity index (χ2v) is 7.74. The smallest absolute Gasteiger partial charge is 0.243 e. The van der Waals surface area contributed by atoms with Gasteiger partial charge in [0, 0.05) is 58.4 Å². The van der Waals surface area contributed by atoms with E-state index in [-0.39, 0.29) is 36.4 Å². The molecule has 1 aromatic rings. The fraction of sp³-hybridized carbons (Fsp3) is 0.650. The van der Waals surface area contributed by atoms with Crippen molar-refractivity contribution in [3.05, 3.63) is 24.5 Å². The lowest BCUT2D eigenvalue weighted by atomic mass is 9.96. The predicted molar refractivity (Wildman–Crippen MR) is 126 cm³/mol. The molecule has 1 aliphatic rings. The van der Waals surface area contributed by atoms with Crippen LogP contribution in [0.3, 0.4) is 0 Å². The molecule has 1 aromatic heterocycles. The molecule has 0 unspecified atom stereocenters. The number of hydrogen-bond acceptors (Lipinski definition) is 4. The lowest BCUT2D eigenvalue weighted by molar-refractivity contribution is -0.127. The highest BCUT2D eigenvalue weighted by Crippen LogP contribution is 2.22. The molecule has 158 valence electrons. The van der Waals surface area contributed by atoms with Crippen molar-refractivity contribution in [1.82, 2.24) is 20.5 Å². The highest BCUT2D eigenvalue weighted by molar-refractivity contribution is 14.0. The second-order valence-electron chi connectivity index (χ2n) is 7.74. The fourth-order valence-electron chi connectivity index (χ4n) is 2.95. The highest BCUT2D eigenvalue weighted by Gasteiger charge is 2.19. The van der Waals surface area contributed by atoms with Gasteiger partial charge < -0.3 is 20.4 Å². The van der Waals surface area contributed by atoms with Gasteiger partial charge in [-0.25, -0.2) is 4.99 Å². The molecule has 2 heterocycles. The van der Waals surface area contributed by atoms with Gasteiger partial charge in [0.2, 0.25) is 5.91 Å². The normalized spacial score (nSPS) is 15.2. The Morgan fingerprint density at radius 1 is 1.25 bits per heavy atom. The summed E-state index contributed by atoms with van der Waals surface area (Å²) in [5, 5.41) is 6.77. The maximum Gasteiger partial charge on any atom is 0.243 e. The van der Waals surface area contributed by atoms with E-state index in [1.807, 2.05) is 12.4 Å². The van der Waals surface area contributed by atoms with E-state index in [9.17, 15) is 4.79 Å². The Hall–Kier alpha value is -1.58. The number of halogens is 1. The van der Waals surface area contributed by atoms with Crippen molar-refractivity contribution < 1.29 is 4.79 Å². The molecular weight excluding hydrogens is 467 g/mol. The zero-order valence-corrected chi connectivity index (χ0v) is 19.8. The SMILES string of the molecule is CC(C)CNC(=NCC(=O)N(C)C)NCC1CCN(c2ccncc2)CC1.I. The first-order valence-electron chi connectivity index (χ1n) is 9.83. The number of carbonyl (C=O) groups excluding carboxylic acids is 1. The molecule has 2 rings (SSSR count). The molecule has 0 saturated carbocycles. The maximum atomic E-state index is 11.8. The van der Waals surface area contributed by atoms with Crippen LogP contribution >= 0.6 is 24.0 Å². The number of nitrogens with zero attached hydrogens (tertiary/aromatic N) is 4. The molecule has 0 spiro atoms. The quantitative estimate of drug-likeness (QED) is 0.340. The van der Waals surface area contributed by atoms with Gasteiger partial charge in [-0.2, -0.15) is 0 Å². The van der Waals surface area contributed by atoms with Crippen molar-refractivity contribution in [2.24, 2.45) is 16.8 Å². The van der Waals surface area contributed by atoms with E-state index in [0.717, 1.165) is 45.0 Å². The molecule has 7 nitrogen and oxygen atoms in total. The number of aromatic nitrogens is 1. The summed E-state index contributed by atoms with van der Waals surface area (Å²) in [6.07, 6.45) is 5.98. The van der Waals surface area contributed by atoms with Crippen LogP contribution < -0.4 is 15.5 Å². The standard InChI is InChI=1S/C20H34N6O.HI/c1-16(2)13-22-20(24-15-19(27)25(3)4)23-14-17-7-11-26(12-8-17)18-5-9-21-10-6-18;/h5-6,9-10,16-17H,7-8,11-15H2,1-4H3,(H2,22,23,24);1H. The lowest BCUT2D eigenvalue weighted by Gasteiger charge is -2.33. The summed E-state index contributed by atoms with van der Waals surface area (Å²) in [5.74, 6) is 1.87. The van der Waals surface area contributed by atoms with Crippen molar-refractivity contribution >= 4 is 41.5 Å². The molecule has 1 aliphatic heterocycles. The van der Waals surface area contributed by atoms with Crippen molar-refractivity contribution in [1.29, 1.82) is 0 Å². The summed E-state index contributed by atoms with van der Waals surface area (Å²) >= 11 is 0. The topological polar surface area (TPSA) is 72.9 Å². The summed E-state index contributed by atoms with van der Waals surface area (Å²) in [6, 6.07) is 4.14. The van der Waals surface area contributed by atoms with Gasteiger partial charge in [0.15, 0.2) is 5.96 Å². The molecule has 1 fully saturated rings. The summed E-state index contributed by atoms with van der Waals surface area (Å²) in [4.78, 5) is 24.3. The Kier molecular flexibility index (Phi) is 11.2. The van der Waals surface area contributed by atoms with Gasteiger partial charge in [-0.15, -0.1) is 24.0 Å². The Bertz CT molecular complexity index is 600. The number of amides is 1. The third kappa shape index (κ3) is 8.62. The maximum absolute atomic E-state index is 11.8. The molecule has 1 saturated heterocycles. The zero-order chi connectivity index (χ0) is 19.6. The number of aliphatic imine (C=N–C) groups is 1. The molecule has 2 N–H and O–H groups in total. The average molecular weight is 502 g/mol. The molecule has 0 atom stereocenters. The summed E-state index contributed by atoms with van der Waals surface area (Å²) in [5.41, 5.74) is 1.25. The molecule has 0 radical (unpaired) electrons. The Morgan fingerprint density at radius 3 is 2.46 bits per heavy atom. The molecule has 28 heavy (non-hydrogen) atoms. The van der Waals surface area contributed by atoms with Gasteiger partial charge in [0.05, 0.1) is 0 Å². The van der Waals surface area contributed by atoms with Crippen LogP contribution in [0.25, 0.3) is 0 Å². The van der Waals surface area contributed by atoms with Crippen molar-refractivity contribution in [3.63, 3.8) is 0 Å². The summed E-state index contributed by atoms with van der Waals surface area (Å²) in [6.45, 7) is 8.31. The number of guanidine groups is 1. The van der Waals surface area contributed by atoms with Crippen LogP contribution in [-0.4, -0.2) is 68.6 Å². The van der Waals surface area contributed by atoms with Crippen molar-refractivity contribution in [2.45, 2.75) is 26.7 Å². The monoisotopic (exact) mass is 502 g/mol. The first-order valence-corrected chi connectivity index (χ1v) is 9.83. The van der Waals surface area contributed by atoms with Gasteiger partial charge in [-0.3, -0.25) is 9.78 Å². The molecule has 0 aliphatic carbocycles. The number of anilines is 1. The number of piperidine rings is 1. The predicted octanol–water partition coefficient (Wildman–Crippen LogP) is 2.20. The van der Waals surface area contributed by atoms with Crippen LogP contribution in [0, 0.1) is 11.8 Å². The van der Waals surface area contributed by atoms with Crippen LogP contribution in [0.15, 0.2) is 29.5 Å². The van der Waals surface area contributed by atoms with Crippen LogP contribution in [0.5, 0.6) is 0 Å². The second kappa shape index (κ2) is 12.8. The van der Waals surface area contributed by atoms with Gasteiger partial charge in [-0.1, -0.05) is 13.8 Å². The third-order valence-corrected chi connectivity index (χ3v) is 4.75. The van der Waals surface area contributed by atoms with E-state index in [1.54, 1.807) is 19.0 Å². The van der Waals surface area contributed by atoms with Gasteiger partial charge in [0.1, 0.15) is 6.54 Å². The Labute approximate surface area is 186 Å². The minimum absolute atomic E-state index is 0. The van der Waals surface area contributed by atoms with Crippen molar-refractivity contribution in [3.8, 4) is 0 Å². The minimum atomic E-state index is 0. The van der Waals surface area contributed by atoms with E-state index in [2.05, 4.69) is 51.5 Å². The van der Waals surface area contributed by atoms with Gasteiger partial charge in [0.25, 0.3) is 0 Å². The number of nitrogens with one attached hydrogen (secondary N) is 2. The molecule has 0 bridgehead atoms. The van der Waals surface area contributed by atoms with E-state index < -0.39 is 0 Å². The average Bonchev–Trinajstić information content (AvgIpc) is 2.68. The number of rotatable bonds is 7. The van der Waals surface area contributed by atoms with Crippen LogP contribution in [0.2, 0.25) is 0 Å². The summed E-state index contributed by atoms with van der Waals surface area (Å²) in [7, 11) is 3.51. The lowest BCUT2D eigenvalue weighted by Crippen LogP contribution is -2.44. The van der Waals surface area contributed by atoms with E-state index in [1.165, 1.54) is 5.69 Å². The number of hydrogen-bond donors (Lipinski definition) is 2. The third-order valence-electron chi connectivity index (χ3n) is 4.75. The largest absolute Gasteiger partial charge is 0.371 e. The molecule has 1 amide bonds. The van der Waals surface area contributed by atoms with Crippen LogP contribution in [-0.2, 0) is 4.79 Å². The van der Waals surface area contributed by atoms with Gasteiger partial charge >= 0.3 is 0 Å². The molecule has 8 heteroatoms. The molecular formula is C20H35IN6O. The fourth-order valence-corrected chi connectivity index (χ4v) is 2.95. The minimum Gasteiger partial charge on any atom is -0.371 e. The highest BCUT2D eigenvalue weighted by atomic mass is 127. The number of carbonyl (C=O) groups is 1. The first kappa shape index (κ1) is 24.5. The van der Waals surface area contributed by atoms with E-state index in [4.69, 9.17) is 0 Å². The summed E-state index contributed by atoms with van der Waals surface area (Å²) < 4.78 is 0. The Morgan fingerprint density at radius 2 is 1.89 bits per heavy atom. The molecule has 0 aromatic carbocycles. The number of likely N-dealkylation sites (N-methyl/N-ethyl adjacent to an activating group) is 1. The van der Waals surface area contributed by atoms with Crippen LogP contribution in [0.1, 0.15) is 26.7 Å². The van der Waals surface area contributed by atoms with E-state index in [0.29, 0.717) is 11.8 Å². The van der Waals surface area contributed by atoms with E-state index >= 15 is 0 Å². The first-order chi connectivity index (χ1) is 13.0. The Balaban J connectivity index is 0.00000392. The van der Waals surface area contributed by atoms with Crippen molar-refractivity contribution in [2.75, 3.05) is 51.7 Å². The van der Waals surface area contributed by atoms with Gasteiger partial charge in [-0.05, 0) is 36.8 Å². The zero-order valence-electron chi connectivity index (χ0n) is 17.5. The number of pyridine rings is 1. The van der Waals surface area contributed by atoms with Crippen LogP contribution in [0.4, 0.5) is 5.69 Å².